The summed E-state index contributed by atoms with van der Waals surface area (Å²) in [5.74, 6) is 1.12. The van der Waals surface area contributed by atoms with Gasteiger partial charge < -0.3 is 10.6 Å². The van der Waals surface area contributed by atoms with E-state index in [9.17, 15) is 0 Å². The maximum absolute atomic E-state index is 8.97. The molecule has 2 rings (SSSR count). The second-order valence-electron chi connectivity index (χ2n) is 5.87. The lowest BCUT2D eigenvalue weighted by atomic mass is 9.94. The molecule has 0 amide bonds. The minimum Gasteiger partial charge on any atom is -0.353 e. The van der Waals surface area contributed by atoms with E-state index >= 15 is 0 Å². The van der Waals surface area contributed by atoms with E-state index in [2.05, 4.69) is 59.8 Å². The molecule has 0 fully saturated rings. The zero-order valence-electron chi connectivity index (χ0n) is 14.9. The van der Waals surface area contributed by atoms with Crippen LogP contribution in [0.1, 0.15) is 36.5 Å². The molecule has 0 bridgehead atoms. The van der Waals surface area contributed by atoms with Crippen molar-refractivity contribution in [2.24, 2.45) is 4.99 Å². The van der Waals surface area contributed by atoms with Gasteiger partial charge in [-0.2, -0.15) is 5.26 Å². The first kappa shape index (κ1) is 21.0. The Kier molecular flexibility index (Phi) is 9.00. The highest BCUT2D eigenvalue weighted by molar-refractivity contribution is 14.0. The third kappa shape index (κ3) is 6.39. The third-order valence-corrected chi connectivity index (χ3v) is 4.18. The van der Waals surface area contributed by atoms with Crippen molar-refractivity contribution in [3.8, 4) is 6.07 Å². The van der Waals surface area contributed by atoms with Gasteiger partial charge in [0.1, 0.15) is 0 Å². The zero-order chi connectivity index (χ0) is 17.4. The summed E-state index contributed by atoms with van der Waals surface area (Å²) in [6, 6.07) is 20.4. The van der Waals surface area contributed by atoms with E-state index in [-0.39, 0.29) is 30.0 Å². The Hall–Kier alpha value is -2.07. The molecule has 0 saturated heterocycles. The van der Waals surface area contributed by atoms with E-state index in [0.717, 1.165) is 11.5 Å². The van der Waals surface area contributed by atoms with Gasteiger partial charge in [-0.05, 0) is 30.2 Å². The SMILES string of the molecule is CN=C(NCc1cccc(C#N)c1)NC(C)C(C)c1ccccc1.I. The fraction of sp³-hybridized carbons (Fsp3) is 0.300. The summed E-state index contributed by atoms with van der Waals surface area (Å²) >= 11 is 0. The zero-order valence-corrected chi connectivity index (χ0v) is 17.2. The Morgan fingerprint density at radius 2 is 1.84 bits per heavy atom. The van der Waals surface area contributed by atoms with Crippen LogP contribution in [-0.2, 0) is 6.54 Å². The van der Waals surface area contributed by atoms with Gasteiger partial charge in [0.15, 0.2) is 5.96 Å². The van der Waals surface area contributed by atoms with Crippen molar-refractivity contribution in [2.75, 3.05) is 7.05 Å². The Morgan fingerprint density at radius 3 is 2.48 bits per heavy atom. The molecule has 0 aromatic heterocycles. The standard InChI is InChI=1S/C20H24N4.HI/c1-15(19-10-5-4-6-11-19)16(2)24-20(22-3)23-14-18-9-7-8-17(12-18)13-21;/h4-12,15-16H,14H2,1-3H3,(H2,22,23,24);1H. The van der Waals surface area contributed by atoms with Gasteiger partial charge >= 0.3 is 0 Å². The minimum atomic E-state index is 0. The van der Waals surface area contributed by atoms with Crippen LogP contribution in [0, 0.1) is 11.3 Å². The Morgan fingerprint density at radius 1 is 1.12 bits per heavy atom. The molecular weight excluding hydrogens is 423 g/mol. The molecular formula is C20H25IN4. The fourth-order valence-electron chi connectivity index (χ4n) is 2.52. The van der Waals surface area contributed by atoms with E-state index in [1.807, 2.05) is 24.3 Å². The predicted molar refractivity (Wildman–Crippen MR) is 114 cm³/mol. The van der Waals surface area contributed by atoms with Crippen LogP contribution in [-0.4, -0.2) is 19.0 Å². The summed E-state index contributed by atoms with van der Waals surface area (Å²) in [6.07, 6.45) is 0. The second kappa shape index (κ2) is 10.7. The molecule has 2 N–H and O–H groups in total. The van der Waals surface area contributed by atoms with Gasteiger partial charge in [0.2, 0.25) is 0 Å². The number of hydrogen-bond donors (Lipinski definition) is 2. The molecule has 2 aromatic carbocycles. The summed E-state index contributed by atoms with van der Waals surface area (Å²) in [7, 11) is 1.76. The van der Waals surface area contributed by atoms with E-state index in [0.29, 0.717) is 18.0 Å². The molecule has 2 unspecified atom stereocenters. The van der Waals surface area contributed by atoms with Crippen LogP contribution in [0.25, 0.3) is 0 Å². The van der Waals surface area contributed by atoms with Gasteiger partial charge in [0.05, 0.1) is 11.6 Å². The molecule has 0 spiro atoms. The number of guanidine groups is 1. The number of nitrogens with zero attached hydrogens (tertiary/aromatic N) is 2. The van der Waals surface area contributed by atoms with Crippen molar-refractivity contribution in [2.45, 2.75) is 32.4 Å². The third-order valence-electron chi connectivity index (χ3n) is 4.18. The molecule has 132 valence electrons. The number of rotatable bonds is 5. The molecule has 2 aromatic rings. The molecule has 5 heteroatoms. The van der Waals surface area contributed by atoms with Gasteiger partial charge in [-0.1, -0.05) is 49.4 Å². The number of hydrogen-bond acceptors (Lipinski definition) is 2. The van der Waals surface area contributed by atoms with Crippen LogP contribution in [0.5, 0.6) is 0 Å². The average molecular weight is 448 g/mol. The number of nitriles is 1. The molecule has 0 radical (unpaired) electrons. The Labute approximate surface area is 167 Å². The van der Waals surface area contributed by atoms with Gasteiger partial charge in [-0.3, -0.25) is 4.99 Å². The van der Waals surface area contributed by atoms with Crippen molar-refractivity contribution in [3.05, 3.63) is 71.3 Å². The summed E-state index contributed by atoms with van der Waals surface area (Å²) < 4.78 is 0. The monoisotopic (exact) mass is 448 g/mol. The summed E-state index contributed by atoms with van der Waals surface area (Å²) in [5, 5.41) is 15.7. The Bertz CT molecular complexity index is 722. The van der Waals surface area contributed by atoms with Gasteiger partial charge in [0, 0.05) is 25.6 Å². The van der Waals surface area contributed by atoms with Gasteiger partial charge in [-0.25, -0.2) is 0 Å². The van der Waals surface area contributed by atoms with Crippen molar-refractivity contribution in [1.29, 1.82) is 5.26 Å². The van der Waals surface area contributed by atoms with Gasteiger partial charge in [-0.15, -0.1) is 24.0 Å². The molecule has 0 aliphatic heterocycles. The van der Waals surface area contributed by atoms with Crippen molar-refractivity contribution in [1.82, 2.24) is 10.6 Å². The largest absolute Gasteiger partial charge is 0.353 e. The maximum atomic E-state index is 8.97. The fourth-order valence-corrected chi connectivity index (χ4v) is 2.52. The molecule has 0 aliphatic carbocycles. The smallest absolute Gasteiger partial charge is 0.191 e. The first-order valence-corrected chi connectivity index (χ1v) is 8.15. The van der Waals surface area contributed by atoms with Crippen LogP contribution in [0.2, 0.25) is 0 Å². The summed E-state index contributed by atoms with van der Waals surface area (Å²) in [4.78, 5) is 4.29. The maximum Gasteiger partial charge on any atom is 0.191 e. The van der Waals surface area contributed by atoms with Crippen LogP contribution in [0.4, 0.5) is 0 Å². The lowest BCUT2D eigenvalue weighted by molar-refractivity contribution is 0.550. The molecule has 0 aliphatic rings. The van der Waals surface area contributed by atoms with E-state index in [1.165, 1.54) is 5.56 Å². The lowest BCUT2D eigenvalue weighted by Crippen LogP contribution is -2.43. The summed E-state index contributed by atoms with van der Waals surface area (Å²) in [6.45, 7) is 4.99. The minimum absolute atomic E-state index is 0. The predicted octanol–water partition coefficient (Wildman–Crippen LogP) is 4.03. The molecule has 0 saturated carbocycles. The van der Waals surface area contributed by atoms with Gasteiger partial charge in [0.25, 0.3) is 0 Å². The molecule has 0 heterocycles. The van der Waals surface area contributed by atoms with E-state index in [4.69, 9.17) is 5.26 Å². The number of nitrogens with one attached hydrogen (secondary N) is 2. The van der Waals surface area contributed by atoms with Crippen molar-refractivity contribution in [3.63, 3.8) is 0 Å². The van der Waals surface area contributed by atoms with Crippen LogP contribution in [0.3, 0.4) is 0 Å². The van der Waals surface area contributed by atoms with Crippen LogP contribution < -0.4 is 10.6 Å². The number of aliphatic imine (C=N–C) groups is 1. The molecule has 4 nitrogen and oxygen atoms in total. The number of benzene rings is 2. The van der Waals surface area contributed by atoms with Crippen LogP contribution in [0.15, 0.2) is 59.6 Å². The average Bonchev–Trinajstić information content (AvgIpc) is 2.65. The second-order valence-corrected chi connectivity index (χ2v) is 5.87. The quantitative estimate of drug-likeness (QED) is 0.413. The first-order chi connectivity index (χ1) is 11.6. The summed E-state index contributed by atoms with van der Waals surface area (Å²) in [5.41, 5.74) is 3.03. The van der Waals surface area contributed by atoms with Crippen LogP contribution >= 0.6 is 24.0 Å². The molecule has 2 atom stereocenters. The van der Waals surface area contributed by atoms with E-state index in [1.54, 1.807) is 13.1 Å². The van der Waals surface area contributed by atoms with Crippen molar-refractivity contribution < 1.29 is 0 Å². The first-order valence-electron chi connectivity index (χ1n) is 8.15. The van der Waals surface area contributed by atoms with Crippen molar-refractivity contribution >= 4 is 29.9 Å². The Balaban J connectivity index is 0.00000312. The lowest BCUT2D eigenvalue weighted by Gasteiger charge is -2.24. The topological polar surface area (TPSA) is 60.2 Å². The molecule has 25 heavy (non-hydrogen) atoms. The number of halogens is 1. The highest BCUT2D eigenvalue weighted by Gasteiger charge is 2.15. The normalized spacial score (nSPS) is 13.1. The van der Waals surface area contributed by atoms with E-state index < -0.39 is 0 Å². The highest BCUT2D eigenvalue weighted by Crippen LogP contribution is 2.18. The highest BCUT2D eigenvalue weighted by atomic mass is 127.